The molecule has 1 aliphatic heterocycles. The molecule has 1 N–H and O–H groups in total. The van der Waals surface area contributed by atoms with Gasteiger partial charge in [0.2, 0.25) is 0 Å². The number of hydrogen-bond acceptors (Lipinski definition) is 7. The number of hydrogen-bond donors (Lipinski definition) is 1. The van der Waals surface area contributed by atoms with Gasteiger partial charge in [0.15, 0.2) is 23.9 Å². The van der Waals surface area contributed by atoms with Gasteiger partial charge >= 0.3 is 0 Å². The van der Waals surface area contributed by atoms with Crippen molar-refractivity contribution in [3.63, 3.8) is 0 Å². The van der Waals surface area contributed by atoms with Gasteiger partial charge < -0.3 is 24.6 Å². The third kappa shape index (κ3) is 5.33. The molecule has 0 unspecified atom stereocenters. The number of methoxy groups -OCH3 is 1. The number of likely N-dealkylation sites (N-methyl/N-ethyl adjacent to an activating group) is 1. The van der Waals surface area contributed by atoms with Crippen LogP contribution in [-0.4, -0.2) is 67.9 Å². The molecule has 166 valence electrons. The van der Waals surface area contributed by atoms with Crippen molar-refractivity contribution in [1.82, 2.24) is 15.1 Å². The maximum atomic E-state index is 12.2. The Morgan fingerprint density at radius 3 is 2.31 bits per heavy atom. The standard InChI is InChI=1S/C24H27N5O3/c1-28-13-15-29(16-14-28)23-12-11-20(26-27-23)18-7-9-19(10-8-18)25-24(30)17-32-22-6-4-3-5-21(22)31-2/h3-12H,13-17H2,1-2H3,(H,25,30). The Labute approximate surface area is 187 Å². The highest BCUT2D eigenvalue weighted by Crippen LogP contribution is 2.26. The molecular weight excluding hydrogens is 406 g/mol. The molecule has 0 aliphatic carbocycles. The number of nitrogens with zero attached hydrogens (tertiary/aromatic N) is 4. The SMILES string of the molecule is COc1ccccc1OCC(=O)Nc1ccc(-c2ccc(N3CCN(C)CC3)nn2)cc1. The van der Waals surface area contributed by atoms with E-state index in [1.165, 1.54) is 0 Å². The summed E-state index contributed by atoms with van der Waals surface area (Å²) in [6.45, 7) is 3.86. The minimum absolute atomic E-state index is 0.110. The molecule has 0 spiro atoms. The summed E-state index contributed by atoms with van der Waals surface area (Å²) >= 11 is 0. The van der Waals surface area contributed by atoms with Crippen molar-refractivity contribution >= 4 is 17.4 Å². The third-order valence-electron chi connectivity index (χ3n) is 5.37. The van der Waals surface area contributed by atoms with Crippen molar-refractivity contribution in [2.24, 2.45) is 0 Å². The summed E-state index contributed by atoms with van der Waals surface area (Å²) in [6, 6.07) is 18.7. The lowest BCUT2D eigenvalue weighted by Gasteiger charge is -2.32. The van der Waals surface area contributed by atoms with Crippen LogP contribution in [0.4, 0.5) is 11.5 Å². The second-order valence-electron chi connectivity index (χ2n) is 7.63. The molecule has 8 heteroatoms. The molecule has 2 heterocycles. The lowest BCUT2D eigenvalue weighted by molar-refractivity contribution is -0.118. The largest absolute Gasteiger partial charge is 0.493 e. The normalized spacial score (nSPS) is 14.1. The Kier molecular flexibility index (Phi) is 6.81. The van der Waals surface area contributed by atoms with Gasteiger partial charge in [0.1, 0.15) is 0 Å². The molecular formula is C24H27N5O3. The van der Waals surface area contributed by atoms with Gasteiger partial charge in [-0.3, -0.25) is 4.79 Å². The second-order valence-corrected chi connectivity index (χ2v) is 7.63. The van der Waals surface area contributed by atoms with Crippen LogP contribution in [0.3, 0.4) is 0 Å². The molecule has 32 heavy (non-hydrogen) atoms. The van der Waals surface area contributed by atoms with Crippen LogP contribution < -0.4 is 19.7 Å². The smallest absolute Gasteiger partial charge is 0.262 e. The number of aromatic nitrogens is 2. The van der Waals surface area contributed by atoms with Gasteiger partial charge in [-0.2, -0.15) is 0 Å². The van der Waals surface area contributed by atoms with E-state index in [4.69, 9.17) is 9.47 Å². The van der Waals surface area contributed by atoms with Crippen LogP contribution in [-0.2, 0) is 4.79 Å². The van der Waals surface area contributed by atoms with Crippen LogP contribution in [0.25, 0.3) is 11.3 Å². The number of ether oxygens (including phenoxy) is 2. The van der Waals surface area contributed by atoms with Crippen molar-refractivity contribution in [3.8, 4) is 22.8 Å². The summed E-state index contributed by atoms with van der Waals surface area (Å²) < 4.78 is 10.8. The Bertz CT molecular complexity index is 1030. The summed E-state index contributed by atoms with van der Waals surface area (Å²) in [5.74, 6) is 1.77. The maximum absolute atomic E-state index is 12.2. The molecule has 0 radical (unpaired) electrons. The van der Waals surface area contributed by atoms with Gasteiger partial charge in [0.25, 0.3) is 5.91 Å². The lowest BCUT2D eigenvalue weighted by atomic mass is 10.1. The molecule has 1 amide bonds. The Morgan fingerprint density at radius 1 is 0.938 bits per heavy atom. The van der Waals surface area contributed by atoms with E-state index in [-0.39, 0.29) is 12.5 Å². The van der Waals surface area contributed by atoms with E-state index in [2.05, 4.69) is 32.4 Å². The summed E-state index contributed by atoms with van der Waals surface area (Å²) in [5, 5.41) is 11.6. The van der Waals surface area contributed by atoms with Crippen LogP contribution in [0.5, 0.6) is 11.5 Å². The number of para-hydroxylation sites is 2. The fourth-order valence-corrected chi connectivity index (χ4v) is 3.49. The van der Waals surface area contributed by atoms with E-state index in [1.54, 1.807) is 19.2 Å². The molecule has 1 saturated heterocycles. The zero-order valence-corrected chi connectivity index (χ0v) is 18.3. The molecule has 0 bridgehead atoms. The van der Waals surface area contributed by atoms with Crippen LogP contribution in [0.2, 0.25) is 0 Å². The summed E-state index contributed by atoms with van der Waals surface area (Å²) in [4.78, 5) is 16.8. The Balaban J connectivity index is 1.32. The van der Waals surface area contributed by atoms with Gasteiger partial charge in [0.05, 0.1) is 12.8 Å². The van der Waals surface area contributed by atoms with Crippen molar-refractivity contribution < 1.29 is 14.3 Å². The average molecular weight is 434 g/mol. The zero-order valence-electron chi connectivity index (χ0n) is 18.3. The predicted octanol–water partition coefficient (Wildman–Crippen LogP) is 2.92. The Hall–Kier alpha value is -3.65. The lowest BCUT2D eigenvalue weighted by Crippen LogP contribution is -2.44. The average Bonchev–Trinajstić information content (AvgIpc) is 2.84. The fraction of sp³-hybridized carbons (Fsp3) is 0.292. The van der Waals surface area contributed by atoms with E-state index in [0.29, 0.717) is 17.2 Å². The number of carbonyl (C=O) groups is 1. The van der Waals surface area contributed by atoms with Crippen molar-refractivity contribution in [2.75, 3.05) is 57.2 Å². The first kappa shape index (κ1) is 21.6. The first-order valence-electron chi connectivity index (χ1n) is 10.6. The molecule has 8 nitrogen and oxygen atoms in total. The first-order valence-corrected chi connectivity index (χ1v) is 10.6. The zero-order chi connectivity index (χ0) is 22.3. The highest BCUT2D eigenvalue weighted by molar-refractivity contribution is 5.92. The molecule has 1 fully saturated rings. The molecule has 0 saturated carbocycles. The van der Waals surface area contributed by atoms with Crippen LogP contribution in [0.1, 0.15) is 0 Å². The van der Waals surface area contributed by atoms with Crippen LogP contribution in [0.15, 0.2) is 60.7 Å². The van der Waals surface area contributed by atoms with Crippen LogP contribution >= 0.6 is 0 Å². The van der Waals surface area contributed by atoms with Gasteiger partial charge in [-0.15, -0.1) is 10.2 Å². The number of rotatable bonds is 7. The highest BCUT2D eigenvalue weighted by atomic mass is 16.5. The molecule has 3 aromatic rings. The maximum Gasteiger partial charge on any atom is 0.262 e. The quantitative estimate of drug-likeness (QED) is 0.614. The monoisotopic (exact) mass is 433 g/mol. The van der Waals surface area contributed by atoms with Gasteiger partial charge in [0, 0.05) is 37.4 Å². The van der Waals surface area contributed by atoms with E-state index in [9.17, 15) is 4.79 Å². The molecule has 1 aromatic heterocycles. The van der Waals surface area contributed by atoms with Crippen LogP contribution in [0, 0.1) is 0 Å². The number of benzene rings is 2. The minimum atomic E-state index is -0.250. The topological polar surface area (TPSA) is 79.8 Å². The summed E-state index contributed by atoms with van der Waals surface area (Å²) in [5.41, 5.74) is 2.41. The number of carbonyl (C=O) groups excluding carboxylic acids is 1. The van der Waals surface area contributed by atoms with Gasteiger partial charge in [-0.05, 0) is 43.4 Å². The molecule has 4 rings (SSSR count). The molecule has 0 atom stereocenters. The highest BCUT2D eigenvalue weighted by Gasteiger charge is 2.15. The fourth-order valence-electron chi connectivity index (χ4n) is 3.49. The number of nitrogens with one attached hydrogen (secondary N) is 1. The minimum Gasteiger partial charge on any atom is -0.493 e. The first-order chi connectivity index (χ1) is 15.6. The second kappa shape index (κ2) is 10.1. The predicted molar refractivity (Wildman–Crippen MR) is 124 cm³/mol. The third-order valence-corrected chi connectivity index (χ3v) is 5.37. The molecule has 2 aromatic carbocycles. The van der Waals surface area contributed by atoms with Crippen molar-refractivity contribution in [1.29, 1.82) is 0 Å². The van der Waals surface area contributed by atoms with E-state index in [0.717, 1.165) is 43.3 Å². The number of piperazine rings is 1. The summed E-state index contributed by atoms with van der Waals surface area (Å²) in [7, 11) is 3.69. The van der Waals surface area contributed by atoms with Crippen molar-refractivity contribution in [2.45, 2.75) is 0 Å². The van der Waals surface area contributed by atoms with E-state index >= 15 is 0 Å². The van der Waals surface area contributed by atoms with E-state index in [1.807, 2.05) is 48.5 Å². The summed E-state index contributed by atoms with van der Waals surface area (Å²) in [6.07, 6.45) is 0. The molecule has 1 aliphatic rings. The number of anilines is 2. The van der Waals surface area contributed by atoms with E-state index < -0.39 is 0 Å². The van der Waals surface area contributed by atoms with Crippen molar-refractivity contribution in [3.05, 3.63) is 60.7 Å². The van der Waals surface area contributed by atoms with Gasteiger partial charge in [-0.25, -0.2) is 0 Å². The number of amides is 1. The Morgan fingerprint density at radius 2 is 1.66 bits per heavy atom. The van der Waals surface area contributed by atoms with Gasteiger partial charge in [-0.1, -0.05) is 24.3 Å².